The topological polar surface area (TPSA) is 3.24 Å². The summed E-state index contributed by atoms with van der Waals surface area (Å²) in [5.74, 6) is 0. The van der Waals surface area contributed by atoms with Gasteiger partial charge in [-0.1, -0.05) is 92.7 Å². The average molecular weight is 478 g/mol. The van der Waals surface area contributed by atoms with Crippen molar-refractivity contribution in [1.29, 1.82) is 0 Å². The van der Waals surface area contributed by atoms with Gasteiger partial charge in [0.2, 0.25) is 0 Å². The van der Waals surface area contributed by atoms with Gasteiger partial charge in [0.1, 0.15) is 0 Å². The van der Waals surface area contributed by atoms with E-state index in [4.69, 9.17) is 0 Å². The first-order chi connectivity index (χ1) is 16.8. The highest BCUT2D eigenvalue weighted by molar-refractivity contribution is 7.25. The summed E-state index contributed by atoms with van der Waals surface area (Å²) in [4.78, 5) is 6.24. The fourth-order valence-corrected chi connectivity index (χ4v) is 6.43. The third-order valence-corrected chi connectivity index (χ3v) is 8.43. The predicted molar refractivity (Wildman–Crippen MR) is 154 cm³/mol. The van der Waals surface area contributed by atoms with Crippen LogP contribution in [0.25, 0.3) is 41.7 Å². The molecule has 0 spiro atoms. The lowest BCUT2D eigenvalue weighted by atomic mass is 10.0. The van der Waals surface area contributed by atoms with Crippen LogP contribution in [0.2, 0.25) is 0 Å². The molecule has 0 amide bonds. The highest BCUT2D eigenvalue weighted by Crippen LogP contribution is 2.43. The Balaban J connectivity index is 0.00000117. The Labute approximate surface area is 209 Å². The maximum Gasteiger partial charge on any atom is 0.0957 e. The molecule has 0 saturated carbocycles. The highest BCUT2D eigenvalue weighted by atomic mass is 32.1. The third kappa shape index (κ3) is 4.13. The second-order valence-electron chi connectivity index (χ2n) is 7.89. The highest BCUT2D eigenvalue weighted by Gasteiger charge is 2.13. The van der Waals surface area contributed by atoms with Gasteiger partial charge in [0, 0.05) is 32.8 Å². The minimum absolute atomic E-state index is 1.24. The normalized spacial score (nSPS) is 10.8. The molecule has 0 aliphatic heterocycles. The van der Waals surface area contributed by atoms with Crippen molar-refractivity contribution < 1.29 is 0 Å². The van der Waals surface area contributed by atoms with Crippen LogP contribution >= 0.6 is 22.7 Å². The van der Waals surface area contributed by atoms with Gasteiger partial charge >= 0.3 is 0 Å². The maximum atomic E-state index is 2.30. The number of hydrogen-bond donors (Lipinski definition) is 0. The molecular weight excluding hydrogens is 450 g/mol. The van der Waals surface area contributed by atoms with Crippen molar-refractivity contribution in [3.8, 4) is 20.2 Å². The fraction of sp³-hybridized carbons (Fsp3) is 0.0968. The van der Waals surface area contributed by atoms with Crippen LogP contribution in [0.15, 0.2) is 109 Å². The summed E-state index contributed by atoms with van der Waals surface area (Å²) < 4.78 is 0. The zero-order valence-corrected chi connectivity index (χ0v) is 21.3. The molecule has 0 aliphatic rings. The molecular formula is C31H27NS2. The standard InChI is InChI=1S/C29H21NS2.C2H6/c1-30(25-15-7-11-21-9-3-5-13-23(21)25)29-19-18-28(32-29)27-17-16-26(31-27)24-14-6-10-20-8-2-4-12-22(20)24;1-2/h2-19H,1H3;1-2H3. The molecule has 0 unspecified atom stereocenters. The van der Waals surface area contributed by atoms with Crippen molar-refractivity contribution in [3.05, 3.63) is 109 Å². The first-order valence-corrected chi connectivity index (χ1v) is 13.3. The van der Waals surface area contributed by atoms with Crippen LogP contribution in [0.4, 0.5) is 10.7 Å². The fourth-order valence-electron chi connectivity index (χ4n) is 4.32. The summed E-state index contributed by atoms with van der Waals surface area (Å²) in [6, 6.07) is 39.3. The van der Waals surface area contributed by atoms with Gasteiger partial charge in [-0.15, -0.1) is 22.7 Å². The first-order valence-electron chi connectivity index (χ1n) is 11.7. The van der Waals surface area contributed by atoms with E-state index in [1.165, 1.54) is 52.4 Å². The Hall–Kier alpha value is -3.40. The lowest BCUT2D eigenvalue weighted by molar-refractivity contribution is 1.25. The Kier molecular flexibility index (Phi) is 6.48. The van der Waals surface area contributed by atoms with E-state index >= 15 is 0 Å². The molecule has 0 N–H and O–H groups in total. The SMILES string of the molecule is CC.CN(c1ccc(-c2ccc(-c3cccc4ccccc34)s2)s1)c1cccc2ccccc12. The molecule has 0 fully saturated rings. The van der Waals surface area contributed by atoms with Gasteiger partial charge in [-0.2, -0.15) is 0 Å². The molecule has 2 heterocycles. The van der Waals surface area contributed by atoms with E-state index in [1.54, 1.807) is 0 Å². The first kappa shape index (κ1) is 22.4. The largest absolute Gasteiger partial charge is 0.336 e. The number of thiophene rings is 2. The van der Waals surface area contributed by atoms with Crippen molar-refractivity contribution in [1.82, 2.24) is 0 Å². The van der Waals surface area contributed by atoms with E-state index in [0.717, 1.165) is 0 Å². The molecule has 6 aromatic rings. The van der Waals surface area contributed by atoms with Gasteiger partial charge in [-0.05, 0) is 52.1 Å². The molecule has 1 nitrogen and oxygen atoms in total. The van der Waals surface area contributed by atoms with Gasteiger partial charge in [0.25, 0.3) is 0 Å². The molecule has 3 heteroatoms. The maximum absolute atomic E-state index is 2.30. The van der Waals surface area contributed by atoms with Crippen molar-refractivity contribution in [2.24, 2.45) is 0 Å². The zero-order chi connectivity index (χ0) is 23.5. The molecule has 0 aliphatic carbocycles. The van der Waals surface area contributed by atoms with Gasteiger partial charge in [-0.25, -0.2) is 0 Å². The number of benzene rings is 4. The quantitative estimate of drug-likeness (QED) is 0.244. The molecule has 0 bridgehead atoms. The number of hydrogen-bond acceptors (Lipinski definition) is 3. The van der Waals surface area contributed by atoms with Crippen molar-refractivity contribution in [3.63, 3.8) is 0 Å². The summed E-state index contributed by atoms with van der Waals surface area (Å²) in [5, 5.41) is 6.39. The second-order valence-corrected chi connectivity index (χ2v) is 10.0. The number of anilines is 2. The van der Waals surface area contributed by atoms with Crippen LogP contribution in [0, 0.1) is 0 Å². The number of fused-ring (bicyclic) bond motifs is 2. The molecule has 6 rings (SSSR count). The van der Waals surface area contributed by atoms with Crippen LogP contribution in [-0.2, 0) is 0 Å². The van der Waals surface area contributed by atoms with E-state index < -0.39 is 0 Å². The van der Waals surface area contributed by atoms with Crippen molar-refractivity contribution >= 4 is 54.9 Å². The van der Waals surface area contributed by atoms with Crippen molar-refractivity contribution in [2.45, 2.75) is 13.8 Å². The summed E-state index contributed by atoms with van der Waals surface area (Å²) in [6.45, 7) is 4.00. The number of nitrogens with zero attached hydrogens (tertiary/aromatic N) is 1. The van der Waals surface area contributed by atoms with Gasteiger partial charge in [0.05, 0.1) is 5.00 Å². The lowest BCUT2D eigenvalue weighted by Crippen LogP contribution is -2.07. The molecule has 0 atom stereocenters. The summed E-state index contributed by atoms with van der Waals surface area (Å²) in [6.07, 6.45) is 0. The molecule has 168 valence electrons. The molecule has 2 aromatic heterocycles. The van der Waals surface area contributed by atoms with Crippen molar-refractivity contribution in [2.75, 3.05) is 11.9 Å². The lowest BCUT2D eigenvalue weighted by Gasteiger charge is -2.19. The molecule has 4 aromatic carbocycles. The Morgan fingerprint density at radius 2 is 1.06 bits per heavy atom. The van der Waals surface area contributed by atoms with Crippen LogP contribution in [0.1, 0.15) is 13.8 Å². The monoisotopic (exact) mass is 477 g/mol. The number of rotatable bonds is 4. The van der Waals surface area contributed by atoms with E-state index in [2.05, 4.69) is 121 Å². The Bertz CT molecular complexity index is 1550. The summed E-state index contributed by atoms with van der Waals surface area (Å²) >= 11 is 3.72. The molecule has 34 heavy (non-hydrogen) atoms. The van der Waals surface area contributed by atoms with E-state index in [1.807, 2.05) is 36.5 Å². The smallest absolute Gasteiger partial charge is 0.0957 e. The Morgan fingerprint density at radius 1 is 0.500 bits per heavy atom. The summed E-state index contributed by atoms with van der Waals surface area (Å²) in [5.41, 5.74) is 2.54. The van der Waals surface area contributed by atoms with Crippen LogP contribution in [-0.4, -0.2) is 7.05 Å². The van der Waals surface area contributed by atoms with Crippen LogP contribution < -0.4 is 4.90 Å². The van der Waals surface area contributed by atoms with Gasteiger partial charge in [-0.3, -0.25) is 0 Å². The predicted octanol–water partition coefficient (Wildman–Crippen LogP) is 10.2. The Morgan fingerprint density at radius 3 is 1.85 bits per heavy atom. The zero-order valence-electron chi connectivity index (χ0n) is 19.7. The summed E-state index contributed by atoms with van der Waals surface area (Å²) in [7, 11) is 2.16. The molecule has 0 saturated heterocycles. The van der Waals surface area contributed by atoms with Gasteiger partial charge < -0.3 is 4.90 Å². The minimum Gasteiger partial charge on any atom is -0.336 e. The third-order valence-electron chi connectivity index (χ3n) is 5.95. The van der Waals surface area contributed by atoms with Crippen LogP contribution in [0.5, 0.6) is 0 Å². The van der Waals surface area contributed by atoms with E-state index in [-0.39, 0.29) is 0 Å². The van der Waals surface area contributed by atoms with E-state index in [0.29, 0.717) is 0 Å². The molecule has 0 radical (unpaired) electrons. The second kappa shape index (κ2) is 9.84. The average Bonchev–Trinajstić information content (AvgIpc) is 3.59. The van der Waals surface area contributed by atoms with Gasteiger partial charge in [0.15, 0.2) is 0 Å². The minimum atomic E-state index is 1.24. The van der Waals surface area contributed by atoms with E-state index in [9.17, 15) is 0 Å². The van der Waals surface area contributed by atoms with Crippen LogP contribution in [0.3, 0.4) is 0 Å².